The number of aromatic nitrogens is 5. The van der Waals surface area contributed by atoms with Crippen molar-refractivity contribution in [2.24, 2.45) is 12.5 Å². The largest absolute Gasteiger partial charge is 0.353 e. The van der Waals surface area contributed by atoms with Crippen LogP contribution < -0.4 is 5.56 Å². The first kappa shape index (κ1) is 21.6. The molecule has 35 heavy (non-hydrogen) atoms. The van der Waals surface area contributed by atoms with Gasteiger partial charge in [-0.1, -0.05) is 12.1 Å². The molecule has 3 aromatic heterocycles. The fraction of sp³-hybridized carbons (Fsp3) is 0.444. The first-order chi connectivity index (χ1) is 17.0. The molecule has 0 radical (unpaired) electrons. The number of hydrogen-bond acceptors (Lipinski definition) is 4. The second-order valence-electron chi connectivity index (χ2n) is 11.0. The van der Waals surface area contributed by atoms with Gasteiger partial charge in [0.15, 0.2) is 0 Å². The first-order valence-corrected chi connectivity index (χ1v) is 13.4. The Morgan fingerprint density at radius 3 is 2.66 bits per heavy atom. The summed E-state index contributed by atoms with van der Waals surface area (Å²) in [6, 6.07) is 10.6. The first-order valence-electron chi connectivity index (χ1n) is 12.6. The maximum atomic E-state index is 13.6. The Labute approximate surface area is 212 Å². The number of nitrogens with zero attached hydrogens (tertiary/aromatic N) is 5. The van der Waals surface area contributed by atoms with E-state index in [9.17, 15) is 4.79 Å². The van der Waals surface area contributed by atoms with Gasteiger partial charge in [0.2, 0.25) is 0 Å². The van der Waals surface area contributed by atoms with Crippen LogP contribution in [-0.4, -0.2) is 42.3 Å². The maximum absolute atomic E-state index is 13.6. The molecule has 0 unspecified atom stereocenters. The van der Waals surface area contributed by atoms with Gasteiger partial charge in [0.25, 0.3) is 5.56 Å². The third-order valence-electron chi connectivity index (χ3n) is 8.53. The number of aryl methyl sites for hydroxylation is 1. The van der Waals surface area contributed by atoms with Crippen molar-refractivity contribution < 1.29 is 0 Å². The Hall–Kier alpha value is -2.71. The van der Waals surface area contributed by atoms with E-state index in [1.807, 2.05) is 19.3 Å². The van der Waals surface area contributed by atoms with Gasteiger partial charge in [0, 0.05) is 41.0 Å². The summed E-state index contributed by atoms with van der Waals surface area (Å²) in [7, 11) is 2.03. The molecule has 1 aliphatic heterocycles. The van der Waals surface area contributed by atoms with Crippen LogP contribution in [0.25, 0.3) is 16.6 Å². The third kappa shape index (κ3) is 3.37. The van der Waals surface area contributed by atoms with E-state index in [1.54, 1.807) is 10.9 Å². The number of fused-ring (bicyclic) bond motifs is 1. The molecule has 2 aliphatic carbocycles. The highest BCUT2D eigenvalue weighted by Crippen LogP contribution is 2.70. The molecule has 4 aromatic rings. The number of hydrogen-bond donors (Lipinski definition) is 1. The Morgan fingerprint density at radius 2 is 1.94 bits per heavy atom. The summed E-state index contributed by atoms with van der Waals surface area (Å²) in [5, 5.41) is 9.66. The lowest BCUT2D eigenvalue weighted by Crippen LogP contribution is -2.45. The molecule has 8 heteroatoms. The van der Waals surface area contributed by atoms with Gasteiger partial charge in [-0.15, -0.1) is 10.2 Å². The highest BCUT2D eigenvalue weighted by atomic mass is 79.9. The van der Waals surface area contributed by atoms with Crippen molar-refractivity contribution in [1.82, 2.24) is 29.2 Å². The van der Waals surface area contributed by atoms with E-state index in [4.69, 9.17) is 0 Å². The van der Waals surface area contributed by atoms with Crippen LogP contribution in [0.3, 0.4) is 0 Å². The predicted molar refractivity (Wildman–Crippen MR) is 139 cm³/mol. The zero-order valence-electron chi connectivity index (χ0n) is 19.9. The topological polar surface area (TPSA) is 71.7 Å². The predicted octanol–water partition coefficient (Wildman–Crippen LogP) is 4.67. The molecule has 1 saturated heterocycles. The lowest BCUT2D eigenvalue weighted by molar-refractivity contribution is 0.145. The monoisotopic (exact) mass is 532 g/mol. The van der Waals surface area contributed by atoms with E-state index < -0.39 is 0 Å². The minimum atomic E-state index is -0.141. The Bertz CT molecular complexity index is 1500. The van der Waals surface area contributed by atoms with Crippen molar-refractivity contribution in [3.63, 3.8) is 0 Å². The highest BCUT2D eigenvalue weighted by molar-refractivity contribution is 9.10. The van der Waals surface area contributed by atoms with E-state index >= 15 is 0 Å². The minimum Gasteiger partial charge on any atom is -0.353 e. The van der Waals surface area contributed by atoms with Gasteiger partial charge in [0.1, 0.15) is 17.7 Å². The van der Waals surface area contributed by atoms with Gasteiger partial charge in [0.05, 0.1) is 5.41 Å². The minimum absolute atomic E-state index is 0.0204. The number of likely N-dealkylation sites (tertiary alicyclic amines) is 1. The van der Waals surface area contributed by atoms with E-state index in [0.717, 1.165) is 59.5 Å². The number of pyridine rings is 1. The standard InChI is InChI=1S/C27H29BrN6O/c1-32-17-29-31-25(32)27(15-26(16-27)7-8-26)18-5-4-6-20(11-18)34-14-22(28)21-12-19(30-23(21)24(34)35)13-33-9-2-3-10-33/h4-6,11-12,14,17,30H,2-3,7-10,13,15-16H2,1H3. The number of H-pyrrole nitrogens is 1. The maximum Gasteiger partial charge on any atom is 0.279 e. The smallest absolute Gasteiger partial charge is 0.279 e. The quantitative estimate of drug-likeness (QED) is 0.405. The normalized spacial score (nSPS) is 20.5. The molecule has 1 N–H and O–H groups in total. The summed E-state index contributed by atoms with van der Waals surface area (Å²) in [5.41, 5.74) is 4.17. The molecule has 1 spiro atoms. The van der Waals surface area contributed by atoms with Crippen molar-refractivity contribution in [3.05, 3.63) is 74.8 Å². The second kappa shape index (κ2) is 7.64. The molecule has 1 aromatic carbocycles. The van der Waals surface area contributed by atoms with Crippen LogP contribution in [0.5, 0.6) is 0 Å². The molecule has 2 saturated carbocycles. The zero-order valence-corrected chi connectivity index (χ0v) is 21.5. The molecule has 4 heterocycles. The Kier molecular flexibility index (Phi) is 4.71. The molecule has 7 rings (SSSR count). The average molecular weight is 533 g/mol. The van der Waals surface area contributed by atoms with Gasteiger partial charge in [-0.25, -0.2) is 0 Å². The van der Waals surface area contributed by atoms with Gasteiger partial charge in [-0.05, 0) is 96.7 Å². The SMILES string of the molecule is Cn1cnnc1C1(c2cccc(-n3cc(Br)c4cc(CN5CCCC5)[nH]c4c3=O)c2)CC2(CC2)C1. The molecule has 3 aliphatic rings. The van der Waals surface area contributed by atoms with Gasteiger partial charge >= 0.3 is 0 Å². The summed E-state index contributed by atoms with van der Waals surface area (Å²) in [4.78, 5) is 19.5. The molecule has 180 valence electrons. The summed E-state index contributed by atoms with van der Waals surface area (Å²) in [6.45, 7) is 3.11. The highest BCUT2D eigenvalue weighted by Gasteiger charge is 2.63. The van der Waals surface area contributed by atoms with Crippen LogP contribution in [0.2, 0.25) is 0 Å². The van der Waals surface area contributed by atoms with Crippen LogP contribution in [0.15, 0.2) is 52.1 Å². The van der Waals surface area contributed by atoms with Gasteiger partial charge < -0.3 is 9.55 Å². The summed E-state index contributed by atoms with van der Waals surface area (Å²) in [6.07, 6.45) is 11.0. The summed E-state index contributed by atoms with van der Waals surface area (Å²) >= 11 is 3.74. The second-order valence-corrected chi connectivity index (χ2v) is 11.8. The molecule has 0 amide bonds. The van der Waals surface area contributed by atoms with Crippen molar-refractivity contribution in [3.8, 4) is 5.69 Å². The van der Waals surface area contributed by atoms with Crippen molar-refractivity contribution in [2.45, 2.75) is 50.5 Å². The molecule has 0 bridgehead atoms. The lowest BCUT2D eigenvalue weighted by atomic mass is 9.56. The number of aromatic amines is 1. The molecule has 0 atom stereocenters. The number of rotatable bonds is 5. The van der Waals surface area contributed by atoms with E-state index in [-0.39, 0.29) is 11.0 Å². The van der Waals surface area contributed by atoms with E-state index in [1.165, 1.54) is 31.2 Å². The van der Waals surface area contributed by atoms with Crippen LogP contribution in [0, 0.1) is 5.41 Å². The fourth-order valence-electron chi connectivity index (χ4n) is 6.61. The van der Waals surface area contributed by atoms with E-state index in [0.29, 0.717) is 10.9 Å². The van der Waals surface area contributed by atoms with Gasteiger partial charge in [-0.3, -0.25) is 14.3 Å². The Morgan fingerprint density at radius 1 is 1.14 bits per heavy atom. The number of benzene rings is 1. The average Bonchev–Trinajstić information content (AvgIpc) is 3.18. The molecule has 3 fully saturated rings. The number of nitrogens with one attached hydrogen (secondary N) is 1. The van der Waals surface area contributed by atoms with Crippen molar-refractivity contribution in [2.75, 3.05) is 13.1 Å². The van der Waals surface area contributed by atoms with Gasteiger partial charge in [-0.2, -0.15) is 0 Å². The van der Waals surface area contributed by atoms with E-state index in [2.05, 4.69) is 64.8 Å². The zero-order chi connectivity index (χ0) is 23.8. The third-order valence-corrected chi connectivity index (χ3v) is 9.16. The lowest BCUT2D eigenvalue weighted by Gasteiger charge is -2.48. The van der Waals surface area contributed by atoms with Crippen LogP contribution in [0.1, 0.15) is 55.6 Å². The fourth-order valence-corrected chi connectivity index (χ4v) is 7.13. The molecular weight excluding hydrogens is 504 g/mol. The Balaban J connectivity index is 1.30. The van der Waals surface area contributed by atoms with Crippen LogP contribution in [-0.2, 0) is 19.0 Å². The number of halogens is 1. The molecular formula is C27H29BrN6O. The van der Waals surface area contributed by atoms with Crippen LogP contribution >= 0.6 is 15.9 Å². The van der Waals surface area contributed by atoms with Crippen LogP contribution in [0.4, 0.5) is 0 Å². The molecule has 7 nitrogen and oxygen atoms in total. The van der Waals surface area contributed by atoms with Crippen molar-refractivity contribution >= 4 is 26.8 Å². The summed E-state index contributed by atoms with van der Waals surface area (Å²) in [5.74, 6) is 1.02. The summed E-state index contributed by atoms with van der Waals surface area (Å²) < 4.78 is 4.74. The van der Waals surface area contributed by atoms with Crippen molar-refractivity contribution in [1.29, 1.82) is 0 Å².